The summed E-state index contributed by atoms with van der Waals surface area (Å²) in [5, 5.41) is 0. The third-order valence-electron chi connectivity index (χ3n) is 2.38. The predicted molar refractivity (Wildman–Crippen MR) is 55.3 cm³/mol. The van der Waals surface area contributed by atoms with E-state index in [0.717, 1.165) is 37.7 Å². The largest absolute Gasteiger partial charge is 0.494 e. The Hall–Kier alpha value is -1.22. The summed E-state index contributed by atoms with van der Waals surface area (Å²) < 4.78 is 10.6. The highest BCUT2D eigenvalue weighted by atomic mass is 16.5. The molecule has 0 radical (unpaired) electrons. The summed E-state index contributed by atoms with van der Waals surface area (Å²) in [5.74, 6) is 1.59. The fourth-order valence-corrected chi connectivity index (χ4v) is 1.36. The highest BCUT2D eigenvalue weighted by molar-refractivity contribution is 5.41. The van der Waals surface area contributed by atoms with Crippen molar-refractivity contribution >= 4 is 5.69 Å². The van der Waals surface area contributed by atoms with Crippen LogP contribution in [0.15, 0.2) is 24.3 Å². The number of nitrogens with two attached hydrogens (primary N) is 1. The van der Waals surface area contributed by atoms with Crippen LogP contribution in [0.4, 0.5) is 5.69 Å². The molecule has 14 heavy (non-hydrogen) atoms. The number of benzene rings is 1. The lowest BCUT2D eigenvalue weighted by atomic mass is 10.1. The van der Waals surface area contributed by atoms with Crippen LogP contribution in [0.5, 0.6) is 5.75 Å². The van der Waals surface area contributed by atoms with Gasteiger partial charge in [-0.1, -0.05) is 0 Å². The highest BCUT2D eigenvalue weighted by Gasteiger charge is 2.17. The standard InChI is InChI=1S/C11H15NO2/c12-10-1-3-11(4-2-10)14-6-5-9-7-13-8-9/h1-4,9H,5-8,12H2. The van der Waals surface area contributed by atoms with Gasteiger partial charge in [0.05, 0.1) is 19.8 Å². The molecule has 1 aliphatic heterocycles. The van der Waals surface area contributed by atoms with Crippen molar-refractivity contribution in [3.8, 4) is 5.75 Å². The lowest BCUT2D eigenvalue weighted by molar-refractivity contribution is -0.0401. The second-order valence-electron chi connectivity index (χ2n) is 3.61. The van der Waals surface area contributed by atoms with Crippen molar-refractivity contribution < 1.29 is 9.47 Å². The maximum absolute atomic E-state index is 5.56. The van der Waals surface area contributed by atoms with Gasteiger partial charge in [0.15, 0.2) is 0 Å². The maximum atomic E-state index is 5.56. The molecule has 0 atom stereocenters. The zero-order valence-electron chi connectivity index (χ0n) is 8.11. The fraction of sp³-hybridized carbons (Fsp3) is 0.455. The Balaban J connectivity index is 1.71. The Bertz CT molecular complexity index is 280. The van der Waals surface area contributed by atoms with Crippen molar-refractivity contribution in [2.45, 2.75) is 6.42 Å². The molecule has 1 saturated heterocycles. The molecule has 76 valence electrons. The first-order valence-electron chi connectivity index (χ1n) is 4.90. The summed E-state index contributed by atoms with van der Waals surface area (Å²) in [4.78, 5) is 0. The van der Waals surface area contributed by atoms with E-state index in [9.17, 15) is 0 Å². The molecular formula is C11H15NO2. The van der Waals surface area contributed by atoms with Crippen LogP contribution < -0.4 is 10.5 Å². The van der Waals surface area contributed by atoms with E-state index in [-0.39, 0.29) is 0 Å². The smallest absolute Gasteiger partial charge is 0.119 e. The molecule has 0 bridgehead atoms. The molecule has 2 N–H and O–H groups in total. The first kappa shape index (κ1) is 9.34. The van der Waals surface area contributed by atoms with Crippen molar-refractivity contribution in [1.29, 1.82) is 0 Å². The van der Waals surface area contributed by atoms with Crippen LogP contribution in [0.25, 0.3) is 0 Å². The number of nitrogen functional groups attached to an aromatic ring is 1. The van der Waals surface area contributed by atoms with E-state index in [1.54, 1.807) is 0 Å². The van der Waals surface area contributed by atoms with Gasteiger partial charge in [-0.05, 0) is 30.7 Å². The van der Waals surface area contributed by atoms with Crippen LogP contribution in [0.3, 0.4) is 0 Å². The molecule has 0 amide bonds. The topological polar surface area (TPSA) is 44.5 Å². The Labute approximate surface area is 83.8 Å². The Morgan fingerprint density at radius 3 is 2.57 bits per heavy atom. The molecular weight excluding hydrogens is 178 g/mol. The van der Waals surface area contributed by atoms with Gasteiger partial charge in [-0.2, -0.15) is 0 Å². The van der Waals surface area contributed by atoms with Gasteiger partial charge in [-0.25, -0.2) is 0 Å². The summed E-state index contributed by atoms with van der Waals surface area (Å²) in [6.07, 6.45) is 1.07. The molecule has 0 aromatic heterocycles. The van der Waals surface area contributed by atoms with Gasteiger partial charge in [0.1, 0.15) is 5.75 Å². The van der Waals surface area contributed by atoms with E-state index >= 15 is 0 Å². The van der Waals surface area contributed by atoms with Gasteiger partial charge in [-0.3, -0.25) is 0 Å². The molecule has 3 nitrogen and oxygen atoms in total. The number of anilines is 1. The first-order chi connectivity index (χ1) is 6.84. The summed E-state index contributed by atoms with van der Waals surface area (Å²) >= 11 is 0. The average Bonchev–Trinajstić information content (AvgIpc) is 2.12. The molecule has 0 unspecified atom stereocenters. The second-order valence-corrected chi connectivity index (χ2v) is 3.61. The maximum Gasteiger partial charge on any atom is 0.119 e. The van der Waals surface area contributed by atoms with Crippen molar-refractivity contribution in [2.24, 2.45) is 5.92 Å². The van der Waals surface area contributed by atoms with E-state index < -0.39 is 0 Å². The Morgan fingerprint density at radius 2 is 2.00 bits per heavy atom. The number of rotatable bonds is 4. The van der Waals surface area contributed by atoms with Crippen molar-refractivity contribution in [3.05, 3.63) is 24.3 Å². The molecule has 2 rings (SSSR count). The van der Waals surface area contributed by atoms with E-state index in [1.807, 2.05) is 24.3 Å². The van der Waals surface area contributed by atoms with Crippen molar-refractivity contribution in [3.63, 3.8) is 0 Å². The normalized spacial score (nSPS) is 16.3. The van der Waals surface area contributed by atoms with Gasteiger partial charge < -0.3 is 15.2 Å². The zero-order valence-corrected chi connectivity index (χ0v) is 8.11. The highest BCUT2D eigenvalue weighted by Crippen LogP contribution is 2.17. The van der Waals surface area contributed by atoms with Crippen LogP contribution in [-0.4, -0.2) is 19.8 Å². The Morgan fingerprint density at radius 1 is 1.29 bits per heavy atom. The third-order valence-corrected chi connectivity index (χ3v) is 2.38. The van der Waals surface area contributed by atoms with E-state index in [1.165, 1.54) is 0 Å². The van der Waals surface area contributed by atoms with Crippen molar-refractivity contribution in [1.82, 2.24) is 0 Å². The number of hydrogen-bond acceptors (Lipinski definition) is 3. The zero-order chi connectivity index (χ0) is 9.80. The SMILES string of the molecule is Nc1ccc(OCCC2COC2)cc1. The van der Waals surface area contributed by atoms with Crippen LogP contribution in [0, 0.1) is 5.92 Å². The van der Waals surface area contributed by atoms with Gasteiger partial charge in [0, 0.05) is 11.6 Å². The molecule has 1 aromatic rings. The minimum absolute atomic E-state index is 0.698. The lowest BCUT2D eigenvalue weighted by Gasteiger charge is -2.25. The summed E-state index contributed by atoms with van der Waals surface area (Å²) in [6, 6.07) is 7.49. The quantitative estimate of drug-likeness (QED) is 0.740. The molecule has 1 fully saturated rings. The lowest BCUT2D eigenvalue weighted by Crippen LogP contribution is -2.28. The molecule has 0 spiro atoms. The van der Waals surface area contributed by atoms with Gasteiger partial charge >= 0.3 is 0 Å². The average molecular weight is 193 g/mol. The van der Waals surface area contributed by atoms with Crippen molar-refractivity contribution in [2.75, 3.05) is 25.6 Å². The number of hydrogen-bond donors (Lipinski definition) is 1. The first-order valence-corrected chi connectivity index (χ1v) is 4.90. The summed E-state index contributed by atoms with van der Waals surface area (Å²) in [7, 11) is 0. The molecule has 1 aromatic carbocycles. The summed E-state index contributed by atoms with van der Waals surface area (Å²) in [6.45, 7) is 2.55. The molecule has 0 aliphatic carbocycles. The molecule has 1 heterocycles. The fourth-order valence-electron chi connectivity index (χ4n) is 1.36. The summed E-state index contributed by atoms with van der Waals surface area (Å²) in [5.41, 5.74) is 6.33. The third kappa shape index (κ3) is 2.39. The van der Waals surface area contributed by atoms with E-state index in [2.05, 4.69) is 0 Å². The molecule has 1 aliphatic rings. The van der Waals surface area contributed by atoms with E-state index in [0.29, 0.717) is 5.92 Å². The van der Waals surface area contributed by atoms with Gasteiger partial charge in [-0.15, -0.1) is 0 Å². The van der Waals surface area contributed by atoms with Crippen LogP contribution in [0.1, 0.15) is 6.42 Å². The minimum Gasteiger partial charge on any atom is -0.494 e. The number of ether oxygens (including phenoxy) is 2. The van der Waals surface area contributed by atoms with E-state index in [4.69, 9.17) is 15.2 Å². The molecule has 3 heteroatoms. The van der Waals surface area contributed by atoms with Crippen LogP contribution in [0.2, 0.25) is 0 Å². The monoisotopic (exact) mass is 193 g/mol. The minimum atomic E-state index is 0.698. The van der Waals surface area contributed by atoms with Gasteiger partial charge in [0.2, 0.25) is 0 Å². The second kappa shape index (κ2) is 4.33. The Kier molecular flexibility index (Phi) is 2.89. The predicted octanol–water partition coefficient (Wildman–Crippen LogP) is 1.68. The van der Waals surface area contributed by atoms with Crippen LogP contribution >= 0.6 is 0 Å². The molecule has 0 saturated carbocycles. The van der Waals surface area contributed by atoms with Gasteiger partial charge in [0.25, 0.3) is 0 Å². The van der Waals surface area contributed by atoms with Crippen LogP contribution in [-0.2, 0) is 4.74 Å².